The lowest BCUT2D eigenvalue weighted by Gasteiger charge is -2.01. The van der Waals surface area contributed by atoms with Gasteiger partial charge in [-0.25, -0.2) is 0 Å². The van der Waals surface area contributed by atoms with Crippen LogP contribution in [-0.4, -0.2) is 14.6 Å². The maximum absolute atomic E-state index is 2.31. The minimum atomic E-state index is 1.38. The molecule has 0 spiro atoms. The van der Waals surface area contributed by atoms with Gasteiger partial charge in [0.1, 0.15) is 7.28 Å². The molecule has 0 amide bonds. The van der Waals surface area contributed by atoms with Crippen LogP contribution in [-0.2, 0) is 0 Å². The Balaban J connectivity index is 2.00. The van der Waals surface area contributed by atoms with Crippen molar-refractivity contribution in [1.29, 1.82) is 0 Å². The van der Waals surface area contributed by atoms with Crippen LogP contribution in [0, 0.1) is 0 Å². The van der Waals surface area contributed by atoms with E-state index in [0.717, 1.165) is 0 Å². The van der Waals surface area contributed by atoms with Gasteiger partial charge in [0.2, 0.25) is 0 Å². The molecule has 0 atom stereocenters. The summed E-state index contributed by atoms with van der Waals surface area (Å²) in [7, 11) is 3.75. The fourth-order valence-electron chi connectivity index (χ4n) is 0.204. The molecule has 1 fully saturated rings. The third kappa shape index (κ3) is 0.159. The molecule has 0 aromatic carbocycles. The molecule has 0 nitrogen and oxygen atoms in total. The third-order valence-corrected chi connectivity index (χ3v) is 0.816. The Kier molecular flexibility index (Phi) is 0.494. The molecule has 0 aliphatic carbocycles. The second-order valence-corrected chi connectivity index (χ2v) is 1.22. The van der Waals surface area contributed by atoms with Crippen molar-refractivity contribution in [3.63, 3.8) is 0 Å². The van der Waals surface area contributed by atoms with Gasteiger partial charge in [-0.2, -0.15) is 0 Å². The van der Waals surface area contributed by atoms with Gasteiger partial charge in [-0.15, -0.1) is 12.4 Å². The summed E-state index contributed by atoms with van der Waals surface area (Å²) in [6.07, 6.45) is 2.75. The molecule has 0 saturated carbocycles. The van der Waals surface area contributed by atoms with Crippen LogP contribution >= 0.6 is 0 Å². The molecule has 0 aromatic heterocycles. The van der Waals surface area contributed by atoms with Crippen molar-refractivity contribution in [3.8, 4) is 0 Å². The summed E-state index contributed by atoms with van der Waals surface area (Å²) < 4.78 is 0. The van der Waals surface area contributed by atoms with Crippen molar-refractivity contribution in [2.75, 3.05) is 0 Å². The second kappa shape index (κ2) is 0.832. The van der Waals surface area contributed by atoms with Gasteiger partial charge in [-0.05, 0) is 0 Å². The Bertz CT molecular complexity index is 12.0. The van der Waals surface area contributed by atoms with Gasteiger partial charge in [0.05, 0.1) is 7.28 Å². The van der Waals surface area contributed by atoms with Crippen molar-refractivity contribution in [2.45, 2.75) is 12.4 Å². The molecule has 0 aromatic rings. The Hall–Kier alpha value is 0.130. The molecule has 1 heterocycles. The second-order valence-electron chi connectivity index (χ2n) is 1.22. The highest BCUT2D eigenvalue weighted by Gasteiger charge is 2.00. The summed E-state index contributed by atoms with van der Waals surface area (Å²) in [5, 5.41) is 0. The topological polar surface area (TPSA) is 0 Å². The van der Waals surface area contributed by atoms with Crippen LogP contribution in [0.1, 0.15) is 0 Å². The van der Waals surface area contributed by atoms with Crippen LogP contribution in [0.3, 0.4) is 0 Å². The molecular formula is C2H5B2. The Morgan fingerprint density at radius 3 is 1.75 bits per heavy atom. The molecule has 0 N–H and O–H groups in total. The van der Waals surface area contributed by atoms with E-state index in [9.17, 15) is 0 Å². The van der Waals surface area contributed by atoms with Crippen molar-refractivity contribution in [3.05, 3.63) is 0 Å². The van der Waals surface area contributed by atoms with Crippen LogP contribution < -0.4 is 0 Å². The van der Waals surface area contributed by atoms with Gasteiger partial charge < -0.3 is 0 Å². The predicted octanol–water partition coefficient (Wildman–Crippen LogP) is -0.108. The fraction of sp³-hybridized carbons (Fsp3) is 1.00. The van der Waals surface area contributed by atoms with Crippen LogP contribution in [0.2, 0.25) is 12.4 Å². The SMILES string of the molecule is [B]1CBC1. The average molecular weight is 50.7 g/mol. The first-order chi connectivity index (χ1) is 2.00. The highest BCUT2D eigenvalue weighted by molar-refractivity contribution is 6.74. The molecule has 1 aliphatic heterocycles. The van der Waals surface area contributed by atoms with Gasteiger partial charge in [0.25, 0.3) is 0 Å². The summed E-state index contributed by atoms with van der Waals surface area (Å²) >= 11 is 0. The minimum absolute atomic E-state index is 1.38. The fourth-order valence-corrected chi connectivity index (χ4v) is 0.204. The van der Waals surface area contributed by atoms with Gasteiger partial charge in [-0.3, -0.25) is 0 Å². The highest BCUT2D eigenvalue weighted by atomic mass is 13.5. The molecule has 1 rings (SSSR count). The smallest absolute Gasteiger partial charge is 0.104 e. The first-order valence-corrected chi connectivity index (χ1v) is 1.82. The van der Waals surface area contributed by atoms with Crippen LogP contribution in [0.25, 0.3) is 0 Å². The molecule has 2 heteroatoms. The summed E-state index contributed by atoms with van der Waals surface area (Å²) in [6, 6.07) is 0. The quantitative estimate of drug-likeness (QED) is 0.336. The standard InChI is InChI=1S/C2H5B2/c1-3-2-4-1/h3H,1-2H2. The van der Waals surface area contributed by atoms with Gasteiger partial charge in [-0.1, -0.05) is 0 Å². The van der Waals surface area contributed by atoms with E-state index in [-0.39, 0.29) is 0 Å². The maximum Gasteiger partial charge on any atom is 0.104 e. The lowest BCUT2D eigenvalue weighted by molar-refractivity contribution is 1.71. The van der Waals surface area contributed by atoms with E-state index >= 15 is 0 Å². The summed E-state index contributed by atoms with van der Waals surface area (Å²) in [5.74, 6) is 0. The van der Waals surface area contributed by atoms with Crippen molar-refractivity contribution in [2.24, 2.45) is 0 Å². The van der Waals surface area contributed by atoms with Crippen molar-refractivity contribution >= 4 is 14.6 Å². The average Bonchev–Trinajstić information content (AvgIpc) is 0.722. The van der Waals surface area contributed by atoms with Gasteiger partial charge in [0.15, 0.2) is 0 Å². The van der Waals surface area contributed by atoms with E-state index in [1.807, 2.05) is 0 Å². The van der Waals surface area contributed by atoms with Crippen LogP contribution in [0.5, 0.6) is 0 Å². The zero-order chi connectivity index (χ0) is 2.83. The third-order valence-electron chi connectivity index (χ3n) is 0.816. The highest BCUT2D eigenvalue weighted by Crippen LogP contribution is 1.94. The predicted molar refractivity (Wildman–Crippen MR) is 22.5 cm³/mol. The van der Waals surface area contributed by atoms with Gasteiger partial charge >= 0.3 is 0 Å². The monoisotopic (exact) mass is 51.1 g/mol. The van der Waals surface area contributed by atoms with E-state index in [1.165, 1.54) is 19.7 Å². The van der Waals surface area contributed by atoms with Crippen molar-refractivity contribution < 1.29 is 0 Å². The Morgan fingerprint density at radius 2 is 1.75 bits per heavy atom. The molecular weight excluding hydrogens is 45.6 g/mol. The molecule has 0 bridgehead atoms. The number of rotatable bonds is 0. The Labute approximate surface area is 28.1 Å². The molecule has 1 saturated heterocycles. The van der Waals surface area contributed by atoms with Gasteiger partial charge in [0, 0.05) is 0 Å². The molecule has 19 valence electrons. The van der Waals surface area contributed by atoms with E-state index < -0.39 is 0 Å². The van der Waals surface area contributed by atoms with E-state index in [2.05, 4.69) is 7.28 Å². The molecule has 0 unspecified atom stereocenters. The Morgan fingerprint density at radius 1 is 1.50 bits per heavy atom. The number of hydrogen-bond acceptors (Lipinski definition) is 0. The number of hydrogen-bond donors (Lipinski definition) is 0. The van der Waals surface area contributed by atoms with E-state index in [4.69, 9.17) is 0 Å². The molecule has 1 radical (unpaired) electrons. The first-order valence-electron chi connectivity index (χ1n) is 1.82. The lowest BCUT2D eigenvalue weighted by atomic mass is 9.32. The first kappa shape index (κ1) is 2.37. The summed E-state index contributed by atoms with van der Waals surface area (Å²) in [6.45, 7) is 0. The normalized spacial score (nSPS) is 20.0. The van der Waals surface area contributed by atoms with Crippen molar-refractivity contribution in [1.82, 2.24) is 0 Å². The summed E-state index contributed by atoms with van der Waals surface area (Å²) in [4.78, 5) is 0. The minimum Gasteiger partial charge on any atom is -0.105 e. The molecule has 1 aliphatic rings. The van der Waals surface area contributed by atoms with E-state index in [1.54, 1.807) is 0 Å². The largest absolute Gasteiger partial charge is 0.105 e. The van der Waals surface area contributed by atoms with E-state index in [0.29, 0.717) is 0 Å². The maximum atomic E-state index is 2.31. The zero-order valence-corrected chi connectivity index (χ0v) is 2.70. The molecule has 4 heavy (non-hydrogen) atoms. The summed E-state index contributed by atoms with van der Waals surface area (Å²) in [5.41, 5.74) is 0. The lowest BCUT2D eigenvalue weighted by Crippen LogP contribution is -2.10. The van der Waals surface area contributed by atoms with Crippen LogP contribution in [0.15, 0.2) is 0 Å². The zero-order valence-electron chi connectivity index (χ0n) is 2.70. The van der Waals surface area contributed by atoms with Crippen LogP contribution in [0.4, 0.5) is 0 Å².